The van der Waals surface area contributed by atoms with E-state index in [4.69, 9.17) is 6.42 Å². The number of benzene rings is 1. The van der Waals surface area contributed by atoms with Crippen LogP contribution in [0.1, 0.15) is 28.8 Å². The number of hydrogen-bond acceptors (Lipinski definition) is 1. The third-order valence-electron chi connectivity index (χ3n) is 2.15. The zero-order valence-corrected chi connectivity index (χ0v) is 9.22. The van der Waals surface area contributed by atoms with Crippen LogP contribution in [0, 0.1) is 25.1 Å². The fraction of sp³-hybridized carbons (Fsp3) is 0.308. The van der Waals surface area contributed by atoms with Gasteiger partial charge in [0.15, 0.2) is 0 Å². The summed E-state index contributed by atoms with van der Waals surface area (Å²) >= 11 is 0. The number of halogens is 1. The maximum atomic E-state index is 13.4. The van der Waals surface area contributed by atoms with E-state index < -0.39 is 11.7 Å². The molecular weight excluding hydrogens is 205 g/mol. The lowest BCUT2D eigenvalue weighted by atomic mass is 10.1. The fourth-order valence-electron chi connectivity index (χ4n) is 1.29. The molecule has 0 spiro atoms. The second-order valence-corrected chi connectivity index (χ2v) is 3.55. The number of terminal acetylenes is 1. The van der Waals surface area contributed by atoms with Crippen LogP contribution in [0.3, 0.4) is 0 Å². The van der Waals surface area contributed by atoms with Gasteiger partial charge in [0.2, 0.25) is 0 Å². The topological polar surface area (TPSA) is 29.1 Å². The Balaban J connectivity index is 2.57. The predicted molar refractivity (Wildman–Crippen MR) is 61.5 cm³/mol. The molecule has 0 fully saturated rings. The smallest absolute Gasteiger partial charge is 0.254 e. The summed E-state index contributed by atoms with van der Waals surface area (Å²) in [6.45, 7) is 2.24. The van der Waals surface area contributed by atoms with Crippen molar-refractivity contribution in [2.24, 2.45) is 0 Å². The van der Waals surface area contributed by atoms with Crippen molar-refractivity contribution < 1.29 is 9.18 Å². The molecule has 0 aliphatic rings. The molecule has 0 unspecified atom stereocenters. The van der Waals surface area contributed by atoms with E-state index in [1.54, 1.807) is 13.0 Å². The molecule has 1 N–H and O–H groups in total. The molecule has 1 amide bonds. The van der Waals surface area contributed by atoms with Gasteiger partial charge in [0.05, 0.1) is 5.56 Å². The minimum Gasteiger partial charge on any atom is -0.352 e. The lowest BCUT2D eigenvalue weighted by Gasteiger charge is -2.05. The van der Waals surface area contributed by atoms with Gasteiger partial charge in [-0.2, -0.15) is 0 Å². The summed E-state index contributed by atoms with van der Waals surface area (Å²) in [7, 11) is 0. The molecule has 16 heavy (non-hydrogen) atoms. The fourth-order valence-corrected chi connectivity index (χ4v) is 1.29. The van der Waals surface area contributed by atoms with Crippen molar-refractivity contribution in [3.8, 4) is 12.3 Å². The molecule has 84 valence electrons. The van der Waals surface area contributed by atoms with Gasteiger partial charge in [-0.25, -0.2) is 4.39 Å². The lowest BCUT2D eigenvalue weighted by molar-refractivity contribution is 0.0949. The molecule has 0 aliphatic carbocycles. The zero-order valence-electron chi connectivity index (χ0n) is 9.22. The Morgan fingerprint density at radius 1 is 1.56 bits per heavy atom. The second-order valence-electron chi connectivity index (χ2n) is 3.55. The van der Waals surface area contributed by atoms with Crippen LogP contribution in [0.15, 0.2) is 18.2 Å². The molecule has 3 heteroatoms. The number of carbonyl (C=O) groups excluding carboxylic acids is 1. The summed E-state index contributed by atoms with van der Waals surface area (Å²) in [6, 6.07) is 4.54. The molecular formula is C13H14FNO. The number of nitrogens with one attached hydrogen (secondary N) is 1. The summed E-state index contributed by atoms with van der Waals surface area (Å²) in [5, 5.41) is 2.62. The van der Waals surface area contributed by atoms with Crippen molar-refractivity contribution in [3.63, 3.8) is 0 Å². The predicted octanol–water partition coefficient (Wildman–Crippen LogP) is 2.28. The number of unbranched alkanes of at least 4 members (excludes halogenated alkanes) is 1. The summed E-state index contributed by atoms with van der Waals surface area (Å²) in [4.78, 5) is 11.5. The third-order valence-corrected chi connectivity index (χ3v) is 2.15. The van der Waals surface area contributed by atoms with E-state index in [2.05, 4.69) is 11.2 Å². The van der Waals surface area contributed by atoms with Crippen molar-refractivity contribution in [1.29, 1.82) is 0 Å². The molecule has 0 atom stereocenters. The van der Waals surface area contributed by atoms with Gasteiger partial charge >= 0.3 is 0 Å². The minimum absolute atomic E-state index is 0.0753. The number of amides is 1. The quantitative estimate of drug-likeness (QED) is 0.611. The van der Waals surface area contributed by atoms with E-state index in [0.717, 1.165) is 5.56 Å². The maximum Gasteiger partial charge on any atom is 0.254 e. The van der Waals surface area contributed by atoms with Gasteiger partial charge in [0.1, 0.15) is 5.82 Å². The van der Waals surface area contributed by atoms with Gasteiger partial charge in [-0.3, -0.25) is 4.79 Å². The zero-order chi connectivity index (χ0) is 12.0. The highest BCUT2D eigenvalue weighted by atomic mass is 19.1. The SMILES string of the molecule is C#CCCCNC(=O)c1ccc(C)cc1F. The first kappa shape index (κ1) is 12.3. The van der Waals surface area contributed by atoms with Crippen LogP contribution in [0.5, 0.6) is 0 Å². The molecule has 2 nitrogen and oxygen atoms in total. The number of rotatable bonds is 4. The lowest BCUT2D eigenvalue weighted by Crippen LogP contribution is -2.25. The maximum absolute atomic E-state index is 13.4. The first-order valence-corrected chi connectivity index (χ1v) is 5.13. The van der Waals surface area contributed by atoms with Crippen molar-refractivity contribution in [1.82, 2.24) is 5.32 Å². The Labute approximate surface area is 94.9 Å². The number of hydrogen-bond donors (Lipinski definition) is 1. The van der Waals surface area contributed by atoms with Gasteiger partial charge in [0, 0.05) is 13.0 Å². The van der Waals surface area contributed by atoms with Crippen molar-refractivity contribution in [3.05, 3.63) is 35.1 Å². The van der Waals surface area contributed by atoms with E-state index in [-0.39, 0.29) is 5.56 Å². The van der Waals surface area contributed by atoms with E-state index in [1.807, 2.05) is 0 Å². The standard InChI is InChI=1S/C13H14FNO/c1-3-4-5-8-15-13(16)11-7-6-10(2)9-12(11)14/h1,6-7,9H,4-5,8H2,2H3,(H,15,16). The molecule has 0 saturated heterocycles. The van der Waals surface area contributed by atoms with Crippen LogP contribution in [0.25, 0.3) is 0 Å². The largest absolute Gasteiger partial charge is 0.352 e. The Morgan fingerprint density at radius 3 is 2.94 bits per heavy atom. The Hall–Kier alpha value is -1.82. The molecule has 1 aromatic carbocycles. The van der Waals surface area contributed by atoms with Crippen LogP contribution in [0.4, 0.5) is 4.39 Å². The summed E-state index contributed by atoms with van der Waals surface area (Å²) in [5.74, 6) is 1.59. The highest BCUT2D eigenvalue weighted by molar-refractivity contribution is 5.94. The molecule has 1 aromatic rings. The molecule has 1 rings (SSSR count). The normalized spacial score (nSPS) is 9.56. The van der Waals surface area contributed by atoms with Crippen molar-refractivity contribution in [2.45, 2.75) is 19.8 Å². The number of carbonyl (C=O) groups is 1. The molecule has 0 heterocycles. The molecule has 0 bridgehead atoms. The second kappa shape index (κ2) is 5.92. The van der Waals surface area contributed by atoms with Crippen LogP contribution >= 0.6 is 0 Å². The molecule has 0 aromatic heterocycles. The van der Waals surface area contributed by atoms with Crippen molar-refractivity contribution >= 4 is 5.91 Å². The Kier molecular flexibility index (Phi) is 4.53. The molecule has 0 saturated carbocycles. The first-order valence-electron chi connectivity index (χ1n) is 5.13. The number of aryl methyl sites for hydroxylation is 1. The average molecular weight is 219 g/mol. The minimum atomic E-state index is -0.491. The highest BCUT2D eigenvalue weighted by Gasteiger charge is 2.10. The summed E-state index contributed by atoms with van der Waals surface area (Å²) in [6.07, 6.45) is 6.39. The van der Waals surface area contributed by atoms with Gasteiger partial charge in [-0.15, -0.1) is 12.3 Å². The molecule has 0 aliphatic heterocycles. The molecule has 0 radical (unpaired) electrons. The highest BCUT2D eigenvalue weighted by Crippen LogP contribution is 2.09. The van der Waals surface area contributed by atoms with Crippen LogP contribution in [-0.4, -0.2) is 12.5 Å². The summed E-state index contributed by atoms with van der Waals surface area (Å²) < 4.78 is 13.4. The van der Waals surface area contributed by atoms with Gasteiger partial charge < -0.3 is 5.32 Å². The van der Waals surface area contributed by atoms with E-state index in [1.165, 1.54) is 12.1 Å². The van der Waals surface area contributed by atoms with Crippen LogP contribution < -0.4 is 5.32 Å². The first-order chi connectivity index (χ1) is 7.65. The Bertz CT molecular complexity index is 420. The van der Waals surface area contributed by atoms with Crippen LogP contribution in [-0.2, 0) is 0 Å². The third kappa shape index (κ3) is 3.39. The van der Waals surface area contributed by atoms with Gasteiger partial charge in [-0.05, 0) is 31.0 Å². The Morgan fingerprint density at radius 2 is 2.31 bits per heavy atom. The van der Waals surface area contributed by atoms with E-state index in [9.17, 15) is 9.18 Å². The average Bonchev–Trinajstić information content (AvgIpc) is 2.24. The van der Waals surface area contributed by atoms with E-state index >= 15 is 0 Å². The van der Waals surface area contributed by atoms with Gasteiger partial charge in [0.25, 0.3) is 5.91 Å². The monoisotopic (exact) mass is 219 g/mol. The van der Waals surface area contributed by atoms with Crippen LogP contribution in [0.2, 0.25) is 0 Å². The van der Waals surface area contributed by atoms with E-state index in [0.29, 0.717) is 19.4 Å². The van der Waals surface area contributed by atoms with Crippen molar-refractivity contribution in [2.75, 3.05) is 6.54 Å². The van der Waals surface area contributed by atoms with Gasteiger partial charge in [-0.1, -0.05) is 6.07 Å². The summed E-state index contributed by atoms with van der Waals surface area (Å²) in [5.41, 5.74) is 0.868.